The molecule has 0 spiro atoms. The molecule has 3 nitrogen and oxygen atoms in total. The van der Waals surface area contributed by atoms with Crippen LogP contribution in [-0.2, 0) is 4.79 Å². The van der Waals surface area contributed by atoms with Crippen LogP contribution < -0.4 is 5.32 Å². The Bertz CT molecular complexity index is 288. The molecule has 0 saturated heterocycles. The zero-order valence-corrected chi connectivity index (χ0v) is 9.36. The van der Waals surface area contributed by atoms with Gasteiger partial charge in [0.15, 0.2) is 0 Å². The highest BCUT2D eigenvalue weighted by atomic mass is 16.3. The van der Waals surface area contributed by atoms with Gasteiger partial charge < -0.3 is 10.4 Å². The van der Waals surface area contributed by atoms with Crippen molar-refractivity contribution in [3.8, 4) is 0 Å². The van der Waals surface area contributed by atoms with Crippen molar-refractivity contribution in [3.63, 3.8) is 0 Å². The number of carbonyl (C=O) groups excluding carboxylic acids is 1. The number of amides is 1. The van der Waals surface area contributed by atoms with Crippen LogP contribution in [0.5, 0.6) is 0 Å². The average molecular weight is 209 g/mol. The Kier molecular flexibility index (Phi) is 2.59. The normalized spacial score (nSPS) is 33.8. The molecule has 2 unspecified atom stereocenters. The molecular formula is C12H19NO2. The molecule has 84 valence electrons. The summed E-state index contributed by atoms with van der Waals surface area (Å²) in [7, 11) is 0. The van der Waals surface area contributed by atoms with Crippen LogP contribution in [-0.4, -0.2) is 23.2 Å². The molecule has 2 atom stereocenters. The van der Waals surface area contributed by atoms with Crippen molar-refractivity contribution in [2.75, 3.05) is 0 Å². The van der Waals surface area contributed by atoms with E-state index in [1.54, 1.807) is 0 Å². The fourth-order valence-corrected chi connectivity index (χ4v) is 2.27. The van der Waals surface area contributed by atoms with Gasteiger partial charge in [-0.1, -0.05) is 26.0 Å². The van der Waals surface area contributed by atoms with Crippen molar-refractivity contribution in [1.82, 2.24) is 5.32 Å². The molecule has 0 aromatic heterocycles. The zero-order chi connectivity index (χ0) is 11.1. The zero-order valence-electron chi connectivity index (χ0n) is 9.36. The summed E-state index contributed by atoms with van der Waals surface area (Å²) in [6.07, 6.45) is 6.27. The fourth-order valence-electron chi connectivity index (χ4n) is 2.27. The maximum atomic E-state index is 11.8. The van der Waals surface area contributed by atoms with Gasteiger partial charge >= 0.3 is 0 Å². The van der Waals surface area contributed by atoms with E-state index in [4.69, 9.17) is 0 Å². The van der Waals surface area contributed by atoms with Gasteiger partial charge in [0.2, 0.25) is 5.91 Å². The average Bonchev–Trinajstić information content (AvgIpc) is 2.70. The van der Waals surface area contributed by atoms with Gasteiger partial charge in [-0.25, -0.2) is 0 Å². The first kappa shape index (κ1) is 10.7. The van der Waals surface area contributed by atoms with Crippen LogP contribution in [0.1, 0.15) is 33.1 Å². The van der Waals surface area contributed by atoms with E-state index in [2.05, 4.69) is 17.5 Å². The molecule has 2 aliphatic rings. The first-order chi connectivity index (χ1) is 7.01. The lowest BCUT2D eigenvalue weighted by Gasteiger charge is -2.49. The number of aliphatic hydroxyl groups excluding tert-OH is 1. The Morgan fingerprint density at radius 1 is 1.40 bits per heavy atom. The van der Waals surface area contributed by atoms with Crippen molar-refractivity contribution in [1.29, 1.82) is 0 Å². The van der Waals surface area contributed by atoms with Crippen molar-refractivity contribution < 1.29 is 9.90 Å². The largest absolute Gasteiger partial charge is 0.392 e. The lowest BCUT2D eigenvalue weighted by atomic mass is 9.64. The molecule has 0 aromatic carbocycles. The van der Waals surface area contributed by atoms with Gasteiger partial charge in [-0.2, -0.15) is 0 Å². The van der Waals surface area contributed by atoms with E-state index >= 15 is 0 Å². The molecule has 3 heteroatoms. The molecule has 0 aliphatic heterocycles. The van der Waals surface area contributed by atoms with Gasteiger partial charge in [0, 0.05) is 17.4 Å². The highest BCUT2D eigenvalue weighted by molar-refractivity contribution is 5.80. The number of hydrogen-bond donors (Lipinski definition) is 2. The van der Waals surface area contributed by atoms with Crippen LogP contribution in [0, 0.1) is 11.3 Å². The summed E-state index contributed by atoms with van der Waals surface area (Å²) >= 11 is 0. The predicted molar refractivity (Wildman–Crippen MR) is 58.2 cm³/mol. The molecule has 15 heavy (non-hydrogen) atoms. The topological polar surface area (TPSA) is 49.3 Å². The Hall–Kier alpha value is -0.830. The van der Waals surface area contributed by atoms with Gasteiger partial charge in [0.05, 0.1) is 6.10 Å². The smallest absolute Gasteiger partial charge is 0.223 e. The van der Waals surface area contributed by atoms with E-state index in [0.29, 0.717) is 6.42 Å². The molecule has 1 saturated carbocycles. The van der Waals surface area contributed by atoms with E-state index in [1.165, 1.54) is 0 Å². The Morgan fingerprint density at radius 2 is 2.00 bits per heavy atom. The van der Waals surface area contributed by atoms with Crippen LogP contribution in [0.25, 0.3) is 0 Å². The third-order valence-corrected chi connectivity index (χ3v) is 3.91. The third-order valence-electron chi connectivity index (χ3n) is 3.91. The standard InChI is InChI=1S/C12H19NO2/c1-12(2)9(7-10(12)14)13-11(15)8-5-3-4-6-8/h3-4,8-10,14H,5-7H2,1-2H3,(H,13,15). The number of allylic oxidation sites excluding steroid dienone is 2. The fraction of sp³-hybridized carbons (Fsp3) is 0.750. The second-order valence-electron chi connectivity index (χ2n) is 5.27. The number of carbonyl (C=O) groups is 1. The van der Waals surface area contributed by atoms with E-state index < -0.39 is 0 Å². The second kappa shape index (κ2) is 3.63. The number of rotatable bonds is 2. The predicted octanol–water partition coefficient (Wildman–Crippen LogP) is 1.23. The molecule has 1 amide bonds. The second-order valence-corrected chi connectivity index (χ2v) is 5.27. The van der Waals surface area contributed by atoms with Crippen LogP contribution >= 0.6 is 0 Å². The molecule has 0 radical (unpaired) electrons. The molecule has 0 heterocycles. The van der Waals surface area contributed by atoms with Crippen molar-refractivity contribution in [2.24, 2.45) is 11.3 Å². The van der Waals surface area contributed by atoms with Gasteiger partial charge in [-0.05, 0) is 19.3 Å². The maximum Gasteiger partial charge on any atom is 0.223 e. The van der Waals surface area contributed by atoms with E-state index in [0.717, 1.165) is 12.8 Å². The summed E-state index contributed by atoms with van der Waals surface area (Å²) < 4.78 is 0. The van der Waals surface area contributed by atoms with Gasteiger partial charge in [-0.3, -0.25) is 4.79 Å². The highest BCUT2D eigenvalue weighted by Crippen LogP contribution is 2.40. The number of hydrogen-bond acceptors (Lipinski definition) is 2. The van der Waals surface area contributed by atoms with Crippen LogP contribution in [0.4, 0.5) is 0 Å². The van der Waals surface area contributed by atoms with E-state index in [1.807, 2.05) is 13.8 Å². The van der Waals surface area contributed by atoms with Gasteiger partial charge in [0.25, 0.3) is 0 Å². The minimum absolute atomic E-state index is 0.124. The summed E-state index contributed by atoms with van der Waals surface area (Å²) in [5.41, 5.74) is -0.165. The monoisotopic (exact) mass is 209 g/mol. The molecular weight excluding hydrogens is 190 g/mol. The first-order valence-electron chi connectivity index (χ1n) is 5.65. The molecule has 2 N–H and O–H groups in total. The summed E-state index contributed by atoms with van der Waals surface area (Å²) in [4.78, 5) is 11.8. The van der Waals surface area contributed by atoms with E-state index in [-0.39, 0.29) is 29.4 Å². The van der Waals surface area contributed by atoms with Crippen molar-refractivity contribution in [3.05, 3.63) is 12.2 Å². The van der Waals surface area contributed by atoms with E-state index in [9.17, 15) is 9.90 Å². The molecule has 0 bridgehead atoms. The Labute approximate surface area is 90.6 Å². The summed E-state index contributed by atoms with van der Waals surface area (Å²) in [6, 6.07) is 0.139. The summed E-state index contributed by atoms with van der Waals surface area (Å²) in [5.74, 6) is 0.267. The number of aliphatic hydroxyl groups is 1. The van der Waals surface area contributed by atoms with Crippen molar-refractivity contribution in [2.45, 2.75) is 45.3 Å². The lowest BCUT2D eigenvalue weighted by molar-refractivity contribution is -0.132. The Balaban J connectivity index is 1.85. The highest BCUT2D eigenvalue weighted by Gasteiger charge is 2.48. The van der Waals surface area contributed by atoms with Crippen molar-refractivity contribution >= 4 is 5.91 Å². The van der Waals surface area contributed by atoms with Crippen LogP contribution in [0.3, 0.4) is 0 Å². The quantitative estimate of drug-likeness (QED) is 0.672. The molecule has 2 rings (SSSR count). The third kappa shape index (κ3) is 1.81. The van der Waals surface area contributed by atoms with Gasteiger partial charge in [0.1, 0.15) is 0 Å². The lowest BCUT2D eigenvalue weighted by Crippen LogP contribution is -2.61. The minimum atomic E-state index is -0.274. The Morgan fingerprint density at radius 3 is 2.47 bits per heavy atom. The molecule has 0 aromatic rings. The maximum absolute atomic E-state index is 11.8. The van der Waals surface area contributed by atoms with Gasteiger partial charge in [-0.15, -0.1) is 0 Å². The molecule has 1 fully saturated rings. The molecule has 2 aliphatic carbocycles. The minimum Gasteiger partial charge on any atom is -0.392 e. The SMILES string of the molecule is CC1(C)C(O)CC1NC(=O)C1CC=CC1. The summed E-state index contributed by atoms with van der Waals surface area (Å²) in [5, 5.41) is 12.6. The van der Waals surface area contributed by atoms with Crippen LogP contribution in [0.15, 0.2) is 12.2 Å². The summed E-state index contributed by atoms with van der Waals surface area (Å²) in [6.45, 7) is 4.00. The first-order valence-corrected chi connectivity index (χ1v) is 5.65. The number of nitrogens with one attached hydrogen (secondary N) is 1. The van der Waals surface area contributed by atoms with Crippen LogP contribution in [0.2, 0.25) is 0 Å².